The number of benzene rings is 1. The Morgan fingerprint density at radius 1 is 1.33 bits per heavy atom. The van der Waals surface area contributed by atoms with E-state index in [0.717, 1.165) is 12.5 Å². The molecule has 1 unspecified atom stereocenters. The van der Waals surface area contributed by atoms with Crippen molar-refractivity contribution in [3.05, 3.63) is 35.4 Å². The van der Waals surface area contributed by atoms with Crippen LogP contribution >= 0.6 is 0 Å². The molecule has 1 aliphatic heterocycles. The number of likely N-dealkylation sites (tertiary alicyclic amines) is 1. The fourth-order valence-corrected chi connectivity index (χ4v) is 2.87. The summed E-state index contributed by atoms with van der Waals surface area (Å²) in [6, 6.07) is 9.24. The van der Waals surface area contributed by atoms with E-state index in [1.54, 1.807) is 11.1 Å². The molecule has 15 heavy (non-hydrogen) atoms. The number of rotatable bonds is 2. The van der Waals surface area contributed by atoms with Gasteiger partial charge in [0.15, 0.2) is 0 Å². The molecular formula is C13H18N2. The average molecular weight is 202 g/mol. The second kappa shape index (κ2) is 3.62. The Hall–Kier alpha value is -0.860. The van der Waals surface area contributed by atoms with Gasteiger partial charge in [0, 0.05) is 25.0 Å². The zero-order valence-electron chi connectivity index (χ0n) is 9.02. The Bertz CT molecular complexity index is 361. The van der Waals surface area contributed by atoms with Crippen LogP contribution in [0.25, 0.3) is 0 Å². The quantitative estimate of drug-likeness (QED) is 0.784. The first-order valence-corrected chi connectivity index (χ1v) is 5.88. The molecule has 3 rings (SSSR count). The predicted molar refractivity (Wildman–Crippen MR) is 61.9 cm³/mol. The van der Waals surface area contributed by atoms with Crippen LogP contribution < -0.4 is 5.73 Å². The molecule has 1 aromatic carbocycles. The van der Waals surface area contributed by atoms with Crippen molar-refractivity contribution < 1.29 is 0 Å². The molecule has 1 saturated heterocycles. The molecule has 1 fully saturated rings. The SMILES string of the molecule is N[C@@H]1CCN(CC2Cc3ccccc32)C1. The van der Waals surface area contributed by atoms with Crippen molar-refractivity contribution in [3.63, 3.8) is 0 Å². The number of nitrogens with zero attached hydrogens (tertiary/aromatic N) is 1. The Labute approximate surface area is 91.1 Å². The van der Waals surface area contributed by atoms with Crippen molar-refractivity contribution in [2.75, 3.05) is 19.6 Å². The summed E-state index contributed by atoms with van der Waals surface area (Å²) in [7, 11) is 0. The van der Waals surface area contributed by atoms with Crippen LogP contribution in [0, 0.1) is 0 Å². The minimum atomic E-state index is 0.417. The highest BCUT2D eigenvalue weighted by Gasteiger charge is 2.29. The molecule has 0 radical (unpaired) electrons. The Kier molecular flexibility index (Phi) is 2.26. The molecule has 1 heterocycles. The van der Waals surface area contributed by atoms with E-state index in [0.29, 0.717) is 6.04 Å². The summed E-state index contributed by atoms with van der Waals surface area (Å²) >= 11 is 0. The van der Waals surface area contributed by atoms with Crippen molar-refractivity contribution in [1.29, 1.82) is 0 Å². The zero-order valence-corrected chi connectivity index (χ0v) is 9.02. The first-order chi connectivity index (χ1) is 7.33. The second-order valence-electron chi connectivity index (χ2n) is 4.91. The maximum Gasteiger partial charge on any atom is 0.0180 e. The largest absolute Gasteiger partial charge is 0.326 e. The summed E-state index contributed by atoms with van der Waals surface area (Å²) < 4.78 is 0. The predicted octanol–water partition coefficient (Wildman–Crippen LogP) is 1.36. The lowest BCUT2D eigenvalue weighted by Crippen LogP contribution is -2.33. The highest BCUT2D eigenvalue weighted by molar-refractivity contribution is 5.40. The lowest BCUT2D eigenvalue weighted by molar-refractivity contribution is 0.298. The summed E-state index contributed by atoms with van der Waals surface area (Å²) in [5, 5.41) is 0. The molecule has 2 nitrogen and oxygen atoms in total. The molecule has 0 spiro atoms. The van der Waals surface area contributed by atoms with Crippen molar-refractivity contribution in [2.24, 2.45) is 5.73 Å². The summed E-state index contributed by atoms with van der Waals surface area (Å²) in [4.78, 5) is 2.52. The van der Waals surface area contributed by atoms with E-state index in [-0.39, 0.29) is 0 Å². The van der Waals surface area contributed by atoms with Gasteiger partial charge in [0.2, 0.25) is 0 Å². The molecule has 1 aliphatic carbocycles. The van der Waals surface area contributed by atoms with Crippen molar-refractivity contribution >= 4 is 0 Å². The number of nitrogens with two attached hydrogens (primary N) is 1. The number of hydrogen-bond donors (Lipinski definition) is 1. The first-order valence-electron chi connectivity index (χ1n) is 5.88. The van der Waals surface area contributed by atoms with Crippen LogP contribution in [0.1, 0.15) is 23.5 Å². The van der Waals surface area contributed by atoms with E-state index in [1.165, 1.54) is 25.9 Å². The Morgan fingerprint density at radius 2 is 2.20 bits per heavy atom. The summed E-state index contributed by atoms with van der Waals surface area (Å²) in [5.41, 5.74) is 9.03. The van der Waals surface area contributed by atoms with Gasteiger partial charge < -0.3 is 10.6 Å². The highest BCUT2D eigenvalue weighted by atomic mass is 15.2. The third-order valence-electron chi connectivity index (χ3n) is 3.75. The fraction of sp³-hybridized carbons (Fsp3) is 0.538. The van der Waals surface area contributed by atoms with Gasteiger partial charge in [0.1, 0.15) is 0 Å². The van der Waals surface area contributed by atoms with Gasteiger partial charge in [-0.05, 0) is 30.5 Å². The smallest absolute Gasteiger partial charge is 0.0180 e. The van der Waals surface area contributed by atoms with E-state index in [2.05, 4.69) is 29.2 Å². The molecule has 2 atom stereocenters. The lowest BCUT2D eigenvalue weighted by atomic mass is 9.77. The highest BCUT2D eigenvalue weighted by Crippen LogP contribution is 2.35. The van der Waals surface area contributed by atoms with Crippen molar-refractivity contribution in [1.82, 2.24) is 4.90 Å². The molecule has 2 N–H and O–H groups in total. The summed E-state index contributed by atoms with van der Waals surface area (Å²) in [5.74, 6) is 0.770. The van der Waals surface area contributed by atoms with Crippen LogP contribution in [0.3, 0.4) is 0 Å². The van der Waals surface area contributed by atoms with Gasteiger partial charge in [-0.1, -0.05) is 24.3 Å². The molecule has 0 amide bonds. The van der Waals surface area contributed by atoms with Crippen LogP contribution in [-0.2, 0) is 6.42 Å². The molecule has 0 saturated carbocycles. The van der Waals surface area contributed by atoms with E-state index in [9.17, 15) is 0 Å². The monoisotopic (exact) mass is 202 g/mol. The lowest BCUT2D eigenvalue weighted by Gasteiger charge is -2.33. The molecule has 80 valence electrons. The molecule has 0 bridgehead atoms. The van der Waals surface area contributed by atoms with Crippen LogP contribution in [0.15, 0.2) is 24.3 Å². The number of fused-ring (bicyclic) bond motifs is 1. The molecule has 0 aromatic heterocycles. The van der Waals surface area contributed by atoms with Gasteiger partial charge in [-0.25, -0.2) is 0 Å². The fourth-order valence-electron chi connectivity index (χ4n) is 2.87. The third kappa shape index (κ3) is 1.68. The molecular weight excluding hydrogens is 184 g/mol. The van der Waals surface area contributed by atoms with Gasteiger partial charge in [-0.2, -0.15) is 0 Å². The summed E-state index contributed by atoms with van der Waals surface area (Å²) in [6.45, 7) is 3.50. The first kappa shape index (κ1) is 9.37. The van der Waals surface area contributed by atoms with E-state index >= 15 is 0 Å². The van der Waals surface area contributed by atoms with Gasteiger partial charge >= 0.3 is 0 Å². The van der Waals surface area contributed by atoms with Crippen LogP contribution in [-0.4, -0.2) is 30.6 Å². The van der Waals surface area contributed by atoms with E-state index in [1.807, 2.05) is 0 Å². The zero-order chi connectivity index (χ0) is 10.3. The maximum absolute atomic E-state index is 5.91. The van der Waals surface area contributed by atoms with Gasteiger partial charge in [-0.15, -0.1) is 0 Å². The van der Waals surface area contributed by atoms with E-state index in [4.69, 9.17) is 5.73 Å². The second-order valence-corrected chi connectivity index (χ2v) is 4.91. The maximum atomic E-state index is 5.91. The minimum Gasteiger partial charge on any atom is -0.326 e. The van der Waals surface area contributed by atoms with E-state index < -0.39 is 0 Å². The van der Waals surface area contributed by atoms with Crippen molar-refractivity contribution in [3.8, 4) is 0 Å². The van der Waals surface area contributed by atoms with Crippen LogP contribution in [0.4, 0.5) is 0 Å². The summed E-state index contributed by atoms with van der Waals surface area (Å²) in [6.07, 6.45) is 2.44. The minimum absolute atomic E-state index is 0.417. The number of hydrogen-bond acceptors (Lipinski definition) is 2. The van der Waals surface area contributed by atoms with Crippen LogP contribution in [0.2, 0.25) is 0 Å². The molecule has 2 aliphatic rings. The molecule has 1 aromatic rings. The van der Waals surface area contributed by atoms with Crippen LogP contribution in [0.5, 0.6) is 0 Å². The molecule has 2 heteroatoms. The van der Waals surface area contributed by atoms with Gasteiger partial charge in [0.05, 0.1) is 0 Å². The standard InChI is InChI=1S/C13H18N2/c14-12-5-6-15(9-12)8-11-7-10-3-1-2-4-13(10)11/h1-4,11-12H,5-9,14H2/t11?,12-/m1/s1. The van der Waals surface area contributed by atoms with Gasteiger partial charge in [-0.3, -0.25) is 0 Å². The normalized spacial score (nSPS) is 29.9. The average Bonchev–Trinajstić information content (AvgIpc) is 2.61. The third-order valence-corrected chi connectivity index (χ3v) is 3.75. The topological polar surface area (TPSA) is 29.3 Å². The van der Waals surface area contributed by atoms with Crippen molar-refractivity contribution in [2.45, 2.75) is 24.8 Å². The van der Waals surface area contributed by atoms with Gasteiger partial charge in [0.25, 0.3) is 0 Å². The Morgan fingerprint density at radius 3 is 2.93 bits per heavy atom. The Balaban J connectivity index is 1.63.